The third-order valence-electron chi connectivity index (χ3n) is 8.57. The van der Waals surface area contributed by atoms with E-state index in [9.17, 15) is 14.7 Å². The molecule has 4 aliphatic rings. The number of carboxylic acid groups (broad SMARTS) is 1. The van der Waals surface area contributed by atoms with Crippen molar-refractivity contribution in [2.24, 2.45) is 23.7 Å². The monoisotopic (exact) mass is 457 g/mol. The van der Waals surface area contributed by atoms with Gasteiger partial charge in [-0.3, -0.25) is 9.59 Å². The molecule has 0 heterocycles. The van der Waals surface area contributed by atoms with Gasteiger partial charge in [0, 0.05) is 23.8 Å². The first-order valence-electron chi connectivity index (χ1n) is 13.8. The van der Waals surface area contributed by atoms with Crippen molar-refractivity contribution in [3.63, 3.8) is 0 Å². The first-order chi connectivity index (χ1) is 16.1. The topological polar surface area (TPSA) is 75.6 Å². The molecule has 0 aromatic carbocycles. The molecule has 3 atom stereocenters. The molecule has 0 aromatic heterocycles. The number of hydrogen-bond donors (Lipinski definition) is 2. The third-order valence-corrected chi connectivity index (χ3v) is 8.57. The maximum atomic E-state index is 13.0. The van der Waals surface area contributed by atoms with Crippen molar-refractivity contribution in [1.29, 1.82) is 0 Å². The van der Waals surface area contributed by atoms with Crippen LogP contribution in [-0.4, -0.2) is 35.2 Å². The van der Waals surface area contributed by atoms with E-state index in [0.717, 1.165) is 32.1 Å². The van der Waals surface area contributed by atoms with Crippen molar-refractivity contribution in [3.8, 4) is 11.8 Å². The highest BCUT2D eigenvalue weighted by molar-refractivity contribution is 5.80. The maximum absolute atomic E-state index is 13.0. The van der Waals surface area contributed by atoms with Gasteiger partial charge in [0.05, 0.1) is 18.1 Å². The summed E-state index contributed by atoms with van der Waals surface area (Å²) < 4.78 is 6.31. The lowest BCUT2D eigenvalue weighted by molar-refractivity contribution is -0.144. The molecule has 4 aliphatic carbocycles. The first-order valence-corrected chi connectivity index (χ1v) is 13.8. The number of carbonyl (C=O) groups is 2. The van der Waals surface area contributed by atoms with Crippen molar-refractivity contribution < 1.29 is 19.4 Å². The molecule has 0 radical (unpaired) electrons. The summed E-state index contributed by atoms with van der Waals surface area (Å²) in [5.74, 6) is 6.22. The minimum absolute atomic E-state index is 0.00512. The number of nitrogens with one attached hydrogen (secondary N) is 1. The van der Waals surface area contributed by atoms with Gasteiger partial charge in [0.1, 0.15) is 0 Å². The lowest BCUT2D eigenvalue weighted by Crippen LogP contribution is -2.49. The number of carboxylic acids is 1. The second-order valence-corrected chi connectivity index (χ2v) is 11.1. The Bertz CT molecular complexity index is 705. The van der Waals surface area contributed by atoms with Gasteiger partial charge in [0.15, 0.2) is 0 Å². The summed E-state index contributed by atoms with van der Waals surface area (Å²) in [6, 6.07) is -0.265. The van der Waals surface area contributed by atoms with Gasteiger partial charge in [-0.2, -0.15) is 0 Å². The summed E-state index contributed by atoms with van der Waals surface area (Å²) in [7, 11) is 0. The summed E-state index contributed by atoms with van der Waals surface area (Å²) in [6.07, 6.45) is 19.0. The van der Waals surface area contributed by atoms with Crippen LogP contribution in [0.5, 0.6) is 0 Å². The van der Waals surface area contributed by atoms with Crippen LogP contribution in [-0.2, 0) is 14.3 Å². The number of ether oxygens (including phenoxy) is 1. The van der Waals surface area contributed by atoms with E-state index in [-0.39, 0.29) is 23.8 Å². The molecule has 1 amide bonds. The number of aliphatic carboxylic acids is 1. The van der Waals surface area contributed by atoms with Crippen LogP contribution in [0, 0.1) is 35.5 Å². The molecular formula is C28H43NO4. The van der Waals surface area contributed by atoms with Crippen LogP contribution in [0.25, 0.3) is 0 Å². The molecule has 2 N–H and O–H groups in total. The summed E-state index contributed by atoms with van der Waals surface area (Å²) in [6.45, 7) is 0. The Labute approximate surface area is 199 Å². The fourth-order valence-corrected chi connectivity index (χ4v) is 6.47. The number of rotatable bonds is 5. The zero-order valence-corrected chi connectivity index (χ0v) is 20.2. The summed E-state index contributed by atoms with van der Waals surface area (Å²) in [4.78, 5) is 25.0. The largest absolute Gasteiger partial charge is 0.481 e. The van der Waals surface area contributed by atoms with Gasteiger partial charge in [-0.1, -0.05) is 50.4 Å². The van der Waals surface area contributed by atoms with E-state index in [1.807, 2.05) is 0 Å². The highest BCUT2D eigenvalue weighted by atomic mass is 16.5. The fraction of sp³-hybridized carbons (Fsp3) is 0.857. The van der Waals surface area contributed by atoms with Crippen molar-refractivity contribution in [2.75, 3.05) is 0 Å². The Morgan fingerprint density at radius 1 is 0.697 bits per heavy atom. The van der Waals surface area contributed by atoms with E-state index in [1.165, 1.54) is 64.2 Å². The molecule has 0 saturated heterocycles. The van der Waals surface area contributed by atoms with Gasteiger partial charge in [-0.15, -0.1) is 0 Å². The van der Waals surface area contributed by atoms with Crippen LogP contribution in [0.15, 0.2) is 0 Å². The van der Waals surface area contributed by atoms with Crippen LogP contribution in [0.3, 0.4) is 0 Å². The molecule has 4 rings (SSSR count). The molecule has 0 aliphatic heterocycles. The zero-order chi connectivity index (χ0) is 23.0. The van der Waals surface area contributed by atoms with Crippen molar-refractivity contribution in [3.05, 3.63) is 0 Å². The molecule has 0 aromatic rings. The quantitative estimate of drug-likeness (QED) is 0.537. The minimum Gasteiger partial charge on any atom is -0.481 e. The van der Waals surface area contributed by atoms with Crippen LogP contribution < -0.4 is 5.32 Å². The van der Waals surface area contributed by atoms with Crippen LogP contribution in [0.4, 0.5) is 0 Å². The van der Waals surface area contributed by atoms with Gasteiger partial charge < -0.3 is 15.2 Å². The minimum atomic E-state index is -0.797. The Balaban J connectivity index is 1.23. The second kappa shape index (κ2) is 12.2. The maximum Gasteiger partial charge on any atom is 0.308 e. The van der Waals surface area contributed by atoms with E-state index >= 15 is 0 Å². The van der Waals surface area contributed by atoms with Gasteiger partial charge in [0.25, 0.3) is 0 Å². The molecule has 4 saturated carbocycles. The van der Waals surface area contributed by atoms with Crippen LogP contribution in [0.1, 0.15) is 109 Å². The molecule has 0 spiro atoms. The number of carbonyl (C=O) groups excluding carboxylic acids is 1. The Hall–Kier alpha value is -1.54. The smallest absolute Gasteiger partial charge is 0.308 e. The van der Waals surface area contributed by atoms with Crippen molar-refractivity contribution in [2.45, 2.75) is 127 Å². The molecule has 4 fully saturated rings. The highest BCUT2D eigenvalue weighted by Gasteiger charge is 2.37. The lowest BCUT2D eigenvalue weighted by Gasteiger charge is -2.35. The Morgan fingerprint density at radius 2 is 1.30 bits per heavy atom. The zero-order valence-electron chi connectivity index (χ0n) is 20.2. The number of hydrogen-bond acceptors (Lipinski definition) is 3. The Kier molecular flexibility index (Phi) is 9.12. The van der Waals surface area contributed by atoms with Gasteiger partial charge in [-0.25, -0.2) is 0 Å². The first kappa shape index (κ1) is 24.6. The second-order valence-electron chi connectivity index (χ2n) is 11.1. The molecule has 5 nitrogen and oxygen atoms in total. The van der Waals surface area contributed by atoms with E-state index in [4.69, 9.17) is 4.74 Å². The van der Waals surface area contributed by atoms with E-state index < -0.39 is 11.9 Å². The van der Waals surface area contributed by atoms with Crippen molar-refractivity contribution in [1.82, 2.24) is 5.32 Å². The standard InChI is InChI=1S/C28H43NO4/c30-27(22-14-16-24(17-15-22)33-23-9-5-2-6-10-23)29-26-18-13-21(19-25(26)28(31)32)12-11-20-7-3-1-4-8-20/h20-26H,1-10,13-19H2,(H,29,30)(H,31,32). The SMILES string of the molecule is O=C(NC1CCC(C#CC2CCCCC2)CC1C(=O)O)C1CCC(OC2CCCCC2)CC1. The van der Waals surface area contributed by atoms with Crippen LogP contribution >= 0.6 is 0 Å². The average molecular weight is 458 g/mol. The molecule has 5 heteroatoms. The third kappa shape index (κ3) is 7.22. The van der Waals surface area contributed by atoms with E-state index in [1.54, 1.807) is 0 Å². The molecule has 33 heavy (non-hydrogen) atoms. The average Bonchev–Trinajstić information content (AvgIpc) is 2.85. The van der Waals surface area contributed by atoms with Gasteiger partial charge >= 0.3 is 5.97 Å². The molecule has 3 unspecified atom stereocenters. The van der Waals surface area contributed by atoms with Gasteiger partial charge in [0.2, 0.25) is 5.91 Å². The Morgan fingerprint density at radius 3 is 1.97 bits per heavy atom. The highest BCUT2D eigenvalue weighted by Crippen LogP contribution is 2.33. The van der Waals surface area contributed by atoms with E-state index in [0.29, 0.717) is 31.0 Å². The molecular weight excluding hydrogens is 414 g/mol. The van der Waals surface area contributed by atoms with Crippen LogP contribution in [0.2, 0.25) is 0 Å². The summed E-state index contributed by atoms with van der Waals surface area (Å²) in [5.41, 5.74) is 0. The fourth-order valence-electron chi connectivity index (χ4n) is 6.47. The predicted octanol–water partition coefficient (Wildman–Crippen LogP) is 5.46. The normalized spacial score (nSPS) is 34.1. The lowest BCUT2D eigenvalue weighted by atomic mass is 9.77. The molecule has 184 valence electrons. The van der Waals surface area contributed by atoms with Crippen molar-refractivity contribution >= 4 is 11.9 Å². The number of amides is 1. The van der Waals surface area contributed by atoms with E-state index in [2.05, 4.69) is 17.2 Å². The summed E-state index contributed by atoms with van der Waals surface area (Å²) in [5, 5.41) is 13.0. The van der Waals surface area contributed by atoms with Gasteiger partial charge in [-0.05, 0) is 70.6 Å². The molecule has 0 bridgehead atoms. The summed E-state index contributed by atoms with van der Waals surface area (Å²) >= 11 is 0. The predicted molar refractivity (Wildman–Crippen MR) is 128 cm³/mol.